The zero-order valence-electron chi connectivity index (χ0n) is 20.5. The molecule has 2 aliphatic rings. The Hall–Kier alpha value is -4.79. The number of benzodiazepines with no additional fused rings is 1. The van der Waals surface area contributed by atoms with E-state index in [0.717, 1.165) is 11.1 Å². The Kier molecular flexibility index (Phi) is 5.95. The van der Waals surface area contributed by atoms with Crippen LogP contribution in [0.25, 0.3) is 11.3 Å². The lowest BCUT2D eigenvalue weighted by molar-refractivity contribution is -0.117. The van der Waals surface area contributed by atoms with Crippen LogP contribution in [0.4, 0.5) is 10.1 Å². The first-order valence-electron chi connectivity index (χ1n) is 12.4. The highest BCUT2D eigenvalue weighted by Crippen LogP contribution is 2.35. The van der Waals surface area contributed by atoms with Crippen molar-refractivity contribution < 1.29 is 18.7 Å². The van der Waals surface area contributed by atoms with E-state index in [1.54, 1.807) is 28.9 Å². The summed E-state index contributed by atoms with van der Waals surface area (Å²) < 4.78 is 22.4. The molecule has 6 rings (SSSR count). The van der Waals surface area contributed by atoms with E-state index >= 15 is 0 Å². The monoisotopic (exact) mass is 509 g/mol. The van der Waals surface area contributed by atoms with Gasteiger partial charge < -0.3 is 15.4 Å². The summed E-state index contributed by atoms with van der Waals surface area (Å²) >= 11 is 0. The molecular weight excluding hydrogens is 485 g/mol. The van der Waals surface area contributed by atoms with Crippen LogP contribution in [0, 0.1) is 5.82 Å². The summed E-state index contributed by atoms with van der Waals surface area (Å²) in [6, 6.07) is 22.9. The largest absolute Gasteiger partial charge is 0.474 e. The Balaban J connectivity index is 1.43. The van der Waals surface area contributed by atoms with Crippen molar-refractivity contribution in [3.8, 4) is 17.1 Å². The van der Waals surface area contributed by atoms with Gasteiger partial charge in [0.15, 0.2) is 0 Å². The van der Waals surface area contributed by atoms with Crippen LogP contribution >= 0.6 is 0 Å². The minimum atomic E-state index is -1.25. The van der Waals surface area contributed by atoms with E-state index in [2.05, 4.69) is 15.7 Å². The first-order valence-corrected chi connectivity index (χ1v) is 12.4. The first-order chi connectivity index (χ1) is 18.5. The van der Waals surface area contributed by atoms with Gasteiger partial charge in [-0.15, -0.1) is 0 Å². The number of amides is 2. The molecular formula is C29H24FN5O3. The fourth-order valence-corrected chi connectivity index (χ4v) is 4.70. The zero-order chi connectivity index (χ0) is 26.2. The number of aliphatic imine (C=N–C) groups is 1. The van der Waals surface area contributed by atoms with Crippen LogP contribution in [0.5, 0.6) is 5.88 Å². The molecule has 0 radical (unpaired) electrons. The van der Waals surface area contributed by atoms with Crippen molar-refractivity contribution in [2.45, 2.75) is 32.2 Å². The van der Waals surface area contributed by atoms with Crippen molar-refractivity contribution in [1.29, 1.82) is 0 Å². The van der Waals surface area contributed by atoms with Crippen molar-refractivity contribution in [2.24, 2.45) is 4.99 Å². The normalized spacial score (nSPS) is 18.3. The standard InChI is InChI=1S/C29H24FN5O3/c1-17-15-16-35-29(38-17)23(25(34-35)19-11-5-7-13-21(19)30)27(36)33-26-28(37)31-22-14-8-6-12-20(22)24(32-26)18-9-3-2-4-10-18/h2-14,17,26H,15-16H2,1H3,(H,31,37)(H,33,36)/t17-,26+/m0/s1. The van der Waals surface area contributed by atoms with E-state index in [1.165, 1.54) is 6.07 Å². The molecule has 0 aliphatic carbocycles. The summed E-state index contributed by atoms with van der Waals surface area (Å²) in [5.41, 5.74) is 3.05. The maximum atomic E-state index is 14.8. The van der Waals surface area contributed by atoms with Crippen LogP contribution in [0.2, 0.25) is 0 Å². The molecule has 3 heterocycles. The summed E-state index contributed by atoms with van der Waals surface area (Å²) in [4.78, 5) is 31.8. The number of hydrogen-bond donors (Lipinski definition) is 2. The Morgan fingerprint density at radius 1 is 1.03 bits per heavy atom. The van der Waals surface area contributed by atoms with Gasteiger partial charge in [-0.25, -0.2) is 14.1 Å². The van der Waals surface area contributed by atoms with Crippen molar-refractivity contribution in [3.05, 3.63) is 101 Å². The molecule has 9 heteroatoms. The molecule has 3 aromatic carbocycles. The predicted molar refractivity (Wildman–Crippen MR) is 141 cm³/mol. The topological polar surface area (TPSA) is 97.6 Å². The molecule has 2 aliphatic heterocycles. The number of benzene rings is 3. The van der Waals surface area contributed by atoms with Crippen LogP contribution in [0.15, 0.2) is 83.9 Å². The van der Waals surface area contributed by atoms with E-state index in [4.69, 9.17) is 9.73 Å². The van der Waals surface area contributed by atoms with E-state index in [9.17, 15) is 14.0 Å². The third kappa shape index (κ3) is 4.21. The minimum Gasteiger partial charge on any atom is -0.474 e. The molecule has 8 nitrogen and oxygen atoms in total. The second-order valence-electron chi connectivity index (χ2n) is 9.20. The van der Waals surface area contributed by atoms with Crippen LogP contribution < -0.4 is 15.4 Å². The van der Waals surface area contributed by atoms with Crippen molar-refractivity contribution in [1.82, 2.24) is 15.1 Å². The molecule has 2 N–H and O–H groups in total. The Labute approximate surface area is 218 Å². The fraction of sp³-hybridized carbons (Fsp3) is 0.172. The number of carbonyl (C=O) groups is 2. The lowest BCUT2D eigenvalue weighted by atomic mass is 10.0. The SMILES string of the molecule is C[C@H]1CCn2nc(-c3ccccc3F)c(C(=O)N[C@H]3N=C(c4ccccc4)c4ccccc4NC3=O)c2O1. The molecule has 0 fully saturated rings. The highest BCUT2D eigenvalue weighted by atomic mass is 19.1. The molecule has 2 amide bonds. The number of hydrogen-bond acceptors (Lipinski definition) is 5. The first kappa shape index (κ1) is 23.6. The highest BCUT2D eigenvalue weighted by Gasteiger charge is 2.34. The van der Waals surface area contributed by atoms with E-state index in [1.807, 2.05) is 55.5 Å². The van der Waals surface area contributed by atoms with Crippen LogP contribution in [-0.4, -0.2) is 39.6 Å². The van der Waals surface area contributed by atoms with Gasteiger partial charge >= 0.3 is 0 Å². The molecule has 0 spiro atoms. The Morgan fingerprint density at radius 3 is 2.53 bits per heavy atom. The number of halogens is 1. The average Bonchev–Trinajstić information content (AvgIpc) is 3.23. The highest BCUT2D eigenvalue weighted by molar-refractivity contribution is 6.20. The van der Waals surface area contributed by atoms with Crippen molar-refractivity contribution in [3.63, 3.8) is 0 Å². The number of anilines is 1. The molecule has 4 aromatic rings. The van der Waals surface area contributed by atoms with Crippen molar-refractivity contribution in [2.75, 3.05) is 5.32 Å². The number of nitrogens with one attached hydrogen (secondary N) is 2. The van der Waals surface area contributed by atoms with Crippen molar-refractivity contribution >= 4 is 23.2 Å². The molecule has 0 unspecified atom stereocenters. The van der Waals surface area contributed by atoms with Gasteiger partial charge in [0.1, 0.15) is 17.1 Å². The van der Waals surface area contributed by atoms with Gasteiger partial charge in [0.05, 0.1) is 17.5 Å². The minimum absolute atomic E-state index is 0.0627. The molecule has 190 valence electrons. The van der Waals surface area contributed by atoms with Gasteiger partial charge in [-0.2, -0.15) is 5.10 Å². The second-order valence-corrected chi connectivity index (χ2v) is 9.20. The lowest BCUT2D eigenvalue weighted by Gasteiger charge is -2.22. The molecule has 0 saturated carbocycles. The van der Waals surface area contributed by atoms with Gasteiger partial charge in [-0.05, 0) is 25.1 Å². The van der Waals surface area contributed by atoms with Gasteiger partial charge in [0, 0.05) is 29.7 Å². The lowest BCUT2D eigenvalue weighted by Crippen LogP contribution is -2.42. The van der Waals surface area contributed by atoms with Crippen LogP contribution in [0.3, 0.4) is 0 Å². The summed E-state index contributed by atoms with van der Waals surface area (Å²) in [5, 5.41) is 10.1. The van der Waals surface area contributed by atoms with Gasteiger partial charge in [-0.1, -0.05) is 60.7 Å². The molecule has 0 bridgehead atoms. The average molecular weight is 510 g/mol. The maximum absolute atomic E-state index is 14.8. The number of nitrogens with zero attached hydrogens (tertiary/aromatic N) is 3. The van der Waals surface area contributed by atoms with Crippen LogP contribution in [0.1, 0.15) is 34.8 Å². The number of rotatable bonds is 4. The number of aromatic nitrogens is 2. The van der Waals surface area contributed by atoms with Crippen LogP contribution in [-0.2, 0) is 11.3 Å². The Bertz CT molecular complexity index is 1580. The number of ether oxygens (including phenoxy) is 1. The van der Waals surface area contributed by atoms with Gasteiger partial charge in [0.2, 0.25) is 12.0 Å². The third-order valence-electron chi connectivity index (χ3n) is 6.58. The van der Waals surface area contributed by atoms with E-state index < -0.39 is 23.8 Å². The number of carbonyl (C=O) groups excluding carboxylic acids is 2. The Morgan fingerprint density at radius 2 is 1.74 bits per heavy atom. The second kappa shape index (κ2) is 9.59. The summed E-state index contributed by atoms with van der Waals surface area (Å²) in [7, 11) is 0. The number of fused-ring (bicyclic) bond motifs is 2. The summed E-state index contributed by atoms with van der Waals surface area (Å²) in [6.07, 6.45) is -0.715. The maximum Gasteiger partial charge on any atom is 0.269 e. The molecule has 0 saturated heterocycles. The van der Waals surface area contributed by atoms with E-state index in [-0.39, 0.29) is 28.8 Å². The fourth-order valence-electron chi connectivity index (χ4n) is 4.70. The smallest absolute Gasteiger partial charge is 0.269 e. The van der Waals surface area contributed by atoms with E-state index in [0.29, 0.717) is 24.4 Å². The van der Waals surface area contributed by atoms with Gasteiger partial charge in [-0.3, -0.25) is 9.59 Å². The molecule has 38 heavy (non-hydrogen) atoms. The molecule has 1 aromatic heterocycles. The number of para-hydroxylation sites is 1. The quantitative estimate of drug-likeness (QED) is 0.426. The summed E-state index contributed by atoms with van der Waals surface area (Å²) in [5.74, 6) is -1.42. The summed E-state index contributed by atoms with van der Waals surface area (Å²) in [6.45, 7) is 2.41. The molecule has 2 atom stereocenters. The van der Waals surface area contributed by atoms with Gasteiger partial charge in [0.25, 0.3) is 11.8 Å². The zero-order valence-corrected chi connectivity index (χ0v) is 20.5. The number of aryl methyl sites for hydroxylation is 1. The third-order valence-corrected chi connectivity index (χ3v) is 6.58. The predicted octanol–water partition coefficient (Wildman–Crippen LogP) is 4.41.